The van der Waals surface area contributed by atoms with Gasteiger partial charge in [-0.3, -0.25) is 4.79 Å². The van der Waals surface area contributed by atoms with Crippen molar-refractivity contribution in [2.45, 2.75) is 32.0 Å². The molecule has 1 amide bonds. The van der Waals surface area contributed by atoms with E-state index < -0.39 is 23.2 Å². The average molecular weight is 411 g/mol. The van der Waals surface area contributed by atoms with Crippen molar-refractivity contribution >= 4 is 18.3 Å². The second-order valence-corrected chi connectivity index (χ2v) is 6.64. The minimum Gasteiger partial charge on any atom is -0.491 e. The van der Waals surface area contributed by atoms with Gasteiger partial charge in [-0.1, -0.05) is 12.1 Å². The van der Waals surface area contributed by atoms with Gasteiger partial charge in [-0.2, -0.15) is 13.2 Å². The van der Waals surface area contributed by atoms with E-state index in [1.54, 1.807) is 14.0 Å². The molecule has 5 nitrogen and oxygen atoms in total. The Morgan fingerprint density at radius 3 is 2.52 bits per heavy atom. The molecule has 2 rings (SSSR count). The van der Waals surface area contributed by atoms with Crippen LogP contribution in [0.2, 0.25) is 0 Å². The Morgan fingerprint density at radius 2 is 1.93 bits per heavy atom. The number of carbonyl (C=O) groups is 1. The first-order valence-electron chi connectivity index (χ1n) is 8.58. The van der Waals surface area contributed by atoms with Crippen LogP contribution in [0.4, 0.5) is 13.2 Å². The summed E-state index contributed by atoms with van der Waals surface area (Å²) >= 11 is 0. The predicted molar refractivity (Wildman–Crippen MR) is 98.2 cm³/mol. The van der Waals surface area contributed by atoms with Crippen molar-refractivity contribution in [2.75, 3.05) is 33.4 Å². The summed E-state index contributed by atoms with van der Waals surface area (Å²) < 4.78 is 49.5. The zero-order valence-electron chi connectivity index (χ0n) is 15.4. The number of benzene rings is 1. The Bertz CT molecular complexity index is 602. The second-order valence-electron chi connectivity index (χ2n) is 6.64. The molecule has 1 saturated heterocycles. The largest absolute Gasteiger partial charge is 0.491 e. The molecule has 9 heteroatoms. The molecule has 0 saturated carbocycles. The SMILES string of the molecule is COCC1(C(=O)NC(C)COc2ccccc2C(F)(F)F)CCNCC1.Cl. The monoisotopic (exact) mass is 410 g/mol. The number of hydrogen-bond donors (Lipinski definition) is 2. The third kappa shape index (κ3) is 6.26. The topological polar surface area (TPSA) is 59.6 Å². The molecule has 1 unspecified atom stereocenters. The van der Waals surface area contributed by atoms with Gasteiger partial charge >= 0.3 is 6.18 Å². The van der Waals surface area contributed by atoms with Crippen molar-refractivity contribution in [3.8, 4) is 5.75 Å². The molecule has 1 fully saturated rings. The van der Waals surface area contributed by atoms with E-state index in [4.69, 9.17) is 9.47 Å². The molecule has 0 spiro atoms. The fraction of sp³-hybridized carbons (Fsp3) is 0.611. The third-order valence-corrected chi connectivity index (χ3v) is 4.52. The quantitative estimate of drug-likeness (QED) is 0.725. The summed E-state index contributed by atoms with van der Waals surface area (Å²) in [6, 6.07) is 4.60. The molecule has 1 atom stereocenters. The first-order valence-corrected chi connectivity index (χ1v) is 8.58. The highest BCUT2D eigenvalue weighted by molar-refractivity contribution is 5.85. The lowest BCUT2D eigenvalue weighted by Crippen LogP contribution is -2.52. The van der Waals surface area contributed by atoms with Crippen LogP contribution >= 0.6 is 12.4 Å². The second kappa shape index (κ2) is 10.1. The van der Waals surface area contributed by atoms with Crippen LogP contribution in [0, 0.1) is 5.41 Å². The van der Waals surface area contributed by atoms with Gasteiger partial charge in [-0.15, -0.1) is 12.4 Å². The highest BCUT2D eigenvalue weighted by Crippen LogP contribution is 2.36. The number of ether oxygens (including phenoxy) is 2. The molecule has 1 heterocycles. The number of halogens is 4. The Balaban J connectivity index is 0.00000364. The highest BCUT2D eigenvalue weighted by atomic mass is 35.5. The van der Waals surface area contributed by atoms with Gasteiger partial charge in [0.05, 0.1) is 23.6 Å². The zero-order valence-corrected chi connectivity index (χ0v) is 16.2. The lowest BCUT2D eigenvalue weighted by molar-refractivity contribution is -0.140. The summed E-state index contributed by atoms with van der Waals surface area (Å²) in [5.41, 5.74) is -1.44. The van der Waals surface area contributed by atoms with E-state index in [0.29, 0.717) is 19.4 Å². The smallest absolute Gasteiger partial charge is 0.419 e. The standard InChI is InChI=1S/C18H25F3N2O3.ClH/c1-13(11-26-15-6-4-3-5-14(15)18(19,20)21)23-16(24)17(12-25-2)7-9-22-10-8-17;/h3-6,13,22H,7-12H2,1-2H3,(H,23,24);1H. The summed E-state index contributed by atoms with van der Waals surface area (Å²) in [5.74, 6) is -0.393. The van der Waals surface area contributed by atoms with Crippen LogP contribution in [-0.4, -0.2) is 45.4 Å². The van der Waals surface area contributed by atoms with Crippen LogP contribution < -0.4 is 15.4 Å². The summed E-state index contributed by atoms with van der Waals surface area (Å²) in [6.07, 6.45) is -3.19. The van der Waals surface area contributed by atoms with Crippen LogP contribution in [-0.2, 0) is 15.7 Å². The van der Waals surface area contributed by atoms with Crippen molar-refractivity contribution < 1.29 is 27.4 Å². The van der Waals surface area contributed by atoms with Crippen LogP contribution in [0.1, 0.15) is 25.3 Å². The molecule has 0 bridgehead atoms. The van der Waals surface area contributed by atoms with E-state index >= 15 is 0 Å². The first kappa shape index (κ1) is 23.5. The normalized spacial score (nSPS) is 17.5. The third-order valence-electron chi connectivity index (χ3n) is 4.52. The van der Waals surface area contributed by atoms with E-state index in [1.807, 2.05) is 0 Å². The van der Waals surface area contributed by atoms with Gasteiger partial charge in [0.1, 0.15) is 12.4 Å². The van der Waals surface area contributed by atoms with E-state index in [9.17, 15) is 18.0 Å². The van der Waals surface area contributed by atoms with Crippen LogP contribution in [0.15, 0.2) is 24.3 Å². The first-order chi connectivity index (χ1) is 12.3. The van der Waals surface area contributed by atoms with Crippen molar-refractivity contribution in [1.82, 2.24) is 10.6 Å². The maximum Gasteiger partial charge on any atom is 0.419 e. The number of alkyl halides is 3. The summed E-state index contributed by atoms with van der Waals surface area (Å²) in [4.78, 5) is 12.7. The van der Waals surface area contributed by atoms with Gasteiger partial charge in [0.15, 0.2) is 0 Å². The lowest BCUT2D eigenvalue weighted by atomic mass is 9.78. The molecule has 27 heavy (non-hydrogen) atoms. The van der Waals surface area contributed by atoms with E-state index in [1.165, 1.54) is 18.2 Å². The van der Waals surface area contributed by atoms with Gasteiger partial charge in [0.25, 0.3) is 0 Å². The summed E-state index contributed by atoms with van der Waals surface area (Å²) in [5, 5.41) is 6.06. The molecule has 1 aromatic rings. The number of amides is 1. The molecule has 0 aliphatic carbocycles. The maximum atomic E-state index is 13.0. The summed E-state index contributed by atoms with van der Waals surface area (Å²) in [6.45, 7) is 3.40. The number of carbonyl (C=O) groups excluding carboxylic acids is 1. The number of nitrogens with one attached hydrogen (secondary N) is 2. The average Bonchev–Trinajstić information content (AvgIpc) is 2.60. The van der Waals surface area contributed by atoms with Crippen molar-refractivity contribution in [3.05, 3.63) is 29.8 Å². The number of para-hydroxylation sites is 1. The van der Waals surface area contributed by atoms with Gasteiger partial charge in [-0.05, 0) is 45.0 Å². The molecule has 154 valence electrons. The van der Waals surface area contributed by atoms with Crippen molar-refractivity contribution in [3.63, 3.8) is 0 Å². The van der Waals surface area contributed by atoms with Gasteiger partial charge in [0.2, 0.25) is 5.91 Å². The summed E-state index contributed by atoms with van der Waals surface area (Å²) in [7, 11) is 1.55. The number of methoxy groups -OCH3 is 1. The van der Waals surface area contributed by atoms with Gasteiger partial charge in [-0.25, -0.2) is 0 Å². The zero-order chi connectivity index (χ0) is 19.2. The maximum absolute atomic E-state index is 13.0. The number of hydrogen-bond acceptors (Lipinski definition) is 4. The molecule has 0 radical (unpaired) electrons. The molecule has 1 aromatic carbocycles. The van der Waals surface area contributed by atoms with Gasteiger partial charge < -0.3 is 20.1 Å². The van der Waals surface area contributed by atoms with Gasteiger partial charge in [0, 0.05) is 7.11 Å². The molecular formula is C18H26ClF3N2O3. The molecule has 1 aliphatic rings. The Morgan fingerprint density at radius 1 is 1.30 bits per heavy atom. The fourth-order valence-corrected chi connectivity index (χ4v) is 3.08. The number of piperidine rings is 1. The highest BCUT2D eigenvalue weighted by Gasteiger charge is 2.40. The van der Waals surface area contributed by atoms with Crippen LogP contribution in [0.3, 0.4) is 0 Å². The van der Waals surface area contributed by atoms with E-state index in [-0.39, 0.29) is 30.7 Å². The Hall–Kier alpha value is -1.51. The van der Waals surface area contributed by atoms with E-state index in [0.717, 1.165) is 19.2 Å². The van der Waals surface area contributed by atoms with E-state index in [2.05, 4.69) is 10.6 Å². The molecular weight excluding hydrogens is 385 g/mol. The Labute approximate surface area is 163 Å². The Kier molecular flexibility index (Phi) is 8.84. The minimum atomic E-state index is -4.49. The van der Waals surface area contributed by atoms with Crippen LogP contribution in [0.25, 0.3) is 0 Å². The van der Waals surface area contributed by atoms with Crippen molar-refractivity contribution in [2.24, 2.45) is 5.41 Å². The lowest BCUT2D eigenvalue weighted by Gasteiger charge is -2.36. The number of rotatable bonds is 7. The fourth-order valence-electron chi connectivity index (χ4n) is 3.08. The predicted octanol–water partition coefficient (Wildman–Crippen LogP) is 3.03. The molecule has 1 aliphatic heterocycles. The van der Waals surface area contributed by atoms with Crippen molar-refractivity contribution in [1.29, 1.82) is 0 Å². The minimum absolute atomic E-state index is 0. The van der Waals surface area contributed by atoms with Crippen LogP contribution in [0.5, 0.6) is 5.75 Å². The molecule has 2 N–H and O–H groups in total. The molecule has 0 aromatic heterocycles.